The Morgan fingerprint density at radius 2 is 1.54 bits per heavy atom. The lowest BCUT2D eigenvalue weighted by Gasteiger charge is -2.48. The van der Waals surface area contributed by atoms with E-state index >= 15 is 0 Å². The quantitative estimate of drug-likeness (QED) is 0.607. The van der Waals surface area contributed by atoms with E-state index in [9.17, 15) is 5.11 Å². The van der Waals surface area contributed by atoms with Crippen LogP contribution in [0, 0.1) is 23.7 Å². The summed E-state index contributed by atoms with van der Waals surface area (Å²) in [6.45, 7) is 0. The molecule has 0 heterocycles. The molecule has 0 aromatic carbocycles. The van der Waals surface area contributed by atoms with Crippen LogP contribution >= 0.6 is 0 Å². The third kappa shape index (κ3) is 1.32. The summed E-state index contributed by atoms with van der Waals surface area (Å²) in [7, 11) is 0. The molecule has 0 amide bonds. The van der Waals surface area contributed by atoms with Crippen molar-refractivity contribution in [3.63, 3.8) is 0 Å². The summed E-state index contributed by atoms with van der Waals surface area (Å²) in [6.07, 6.45) is 9.72. The fraction of sp³-hybridized carbons (Fsp3) is 1.00. The van der Waals surface area contributed by atoms with E-state index in [1.165, 1.54) is 44.9 Å². The number of fused-ring (bicyclic) bond motifs is 2. The standard InChI is InChI=1S/C12H20O/c13-12-10-3-1-2-8-4-9(6-10)7-11(12)5-8/h8-13H,1-7H2. The number of hydrogen-bond donors (Lipinski definition) is 1. The third-order valence-corrected chi connectivity index (χ3v) is 4.73. The van der Waals surface area contributed by atoms with Crippen LogP contribution in [0.15, 0.2) is 0 Å². The molecule has 4 fully saturated rings. The van der Waals surface area contributed by atoms with Crippen LogP contribution < -0.4 is 0 Å². The Hall–Kier alpha value is -0.0400. The maximum Gasteiger partial charge on any atom is 0.0596 e. The van der Waals surface area contributed by atoms with Gasteiger partial charge in [0.05, 0.1) is 6.10 Å². The molecule has 0 aromatic heterocycles. The van der Waals surface area contributed by atoms with Crippen LogP contribution in [0.5, 0.6) is 0 Å². The van der Waals surface area contributed by atoms with Crippen molar-refractivity contribution in [2.45, 2.75) is 51.0 Å². The highest BCUT2D eigenvalue weighted by atomic mass is 16.3. The van der Waals surface area contributed by atoms with Gasteiger partial charge in [0.15, 0.2) is 0 Å². The Morgan fingerprint density at radius 1 is 0.769 bits per heavy atom. The molecule has 4 aliphatic rings. The predicted octanol–water partition coefficient (Wildman–Crippen LogP) is 2.58. The Kier molecular flexibility index (Phi) is 1.90. The zero-order chi connectivity index (χ0) is 8.84. The van der Waals surface area contributed by atoms with Crippen molar-refractivity contribution in [3.8, 4) is 0 Å². The SMILES string of the molecule is OC1C2CCCC3CC(C2)CC1C3. The van der Waals surface area contributed by atoms with Gasteiger partial charge >= 0.3 is 0 Å². The van der Waals surface area contributed by atoms with Crippen LogP contribution in [0.1, 0.15) is 44.9 Å². The maximum atomic E-state index is 10.1. The molecule has 0 spiro atoms. The van der Waals surface area contributed by atoms with E-state index < -0.39 is 0 Å². The van der Waals surface area contributed by atoms with E-state index in [1.54, 1.807) is 0 Å². The lowest BCUT2D eigenvalue weighted by molar-refractivity contribution is -0.0562. The fourth-order valence-electron chi connectivity index (χ4n) is 4.23. The van der Waals surface area contributed by atoms with E-state index in [0.29, 0.717) is 11.8 Å². The van der Waals surface area contributed by atoms with Gasteiger partial charge in [-0.25, -0.2) is 0 Å². The van der Waals surface area contributed by atoms with Gasteiger partial charge in [-0.3, -0.25) is 0 Å². The monoisotopic (exact) mass is 180 g/mol. The molecule has 4 bridgehead atoms. The van der Waals surface area contributed by atoms with E-state index in [2.05, 4.69) is 0 Å². The third-order valence-electron chi connectivity index (χ3n) is 4.73. The lowest BCUT2D eigenvalue weighted by Crippen LogP contribution is -2.43. The van der Waals surface area contributed by atoms with Gasteiger partial charge in [-0.1, -0.05) is 12.8 Å². The summed E-state index contributed by atoms with van der Waals surface area (Å²) in [5.41, 5.74) is 0. The molecule has 1 N–H and O–H groups in total. The second kappa shape index (κ2) is 2.98. The summed E-state index contributed by atoms with van der Waals surface area (Å²) in [4.78, 5) is 0. The average Bonchev–Trinajstić information content (AvgIpc) is 2.11. The summed E-state index contributed by atoms with van der Waals surface area (Å²) in [5, 5.41) is 10.1. The maximum absolute atomic E-state index is 10.1. The van der Waals surface area contributed by atoms with Gasteiger partial charge in [0.1, 0.15) is 0 Å². The first-order valence-electron chi connectivity index (χ1n) is 6.01. The van der Waals surface area contributed by atoms with Gasteiger partial charge in [-0.15, -0.1) is 0 Å². The molecule has 4 aliphatic carbocycles. The highest BCUT2D eigenvalue weighted by Gasteiger charge is 2.42. The van der Waals surface area contributed by atoms with Crippen molar-refractivity contribution in [1.29, 1.82) is 0 Å². The van der Waals surface area contributed by atoms with Crippen molar-refractivity contribution in [1.82, 2.24) is 0 Å². The van der Waals surface area contributed by atoms with Crippen LogP contribution in [0.4, 0.5) is 0 Å². The number of rotatable bonds is 0. The van der Waals surface area contributed by atoms with Crippen LogP contribution in [0.25, 0.3) is 0 Å². The topological polar surface area (TPSA) is 20.2 Å². The first-order chi connectivity index (χ1) is 6.33. The Balaban J connectivity index is 1.87. The van der Waals surface area contributed by atoms with E-state index in [1.807, 2.05) is 0 Å². The van der Waals surface area contributed by atoms with Gasteiger partial charge in [0, 0.05) is 0 Å². The van der Waals surface area contributed by atoms with Crippen molar-refractivity contribution in [2.24, 2.45) is 23.7 Å². The van der Waals surface area contributed by atoms with Crippen molar-refractivity contribution in [3.05, 3.63) is 0 Å². The first kappa shape index (κ1) is 8.28. The first-order valence-corrected chi connectivity index (χ1v) is 6.01. The summed E-state index contributed by atoms with van der Waals surface area (Å²) >= 11 is 0. The minimum Gasteiger partial charge on any atom is -0.393 e. The van der Waals surface area contributed by atoms with E-state index in [-0.39, 0.29) is 6.10 Å². The highest BCUT2D eigenvalue weighted by Crippen LogP contribution is 2.49. The predicted molar refractivity (Wildman–Crippen MR) is 52.3 cm³/mol. The Morgan fingerprint density at radius 3 is 2.46 bits per heavy atom. The molecular weight excluding hydrogens is 160 g/mol. The molecule has 5 unspecified atom stereocenters. The Bertz CT molecular complexity index is 191. The van der Waals surface area contributed by atoms with Gasteiger partial charge in [0.25, 0.3) is 0 Å². The Labute approximate surface area is 80.5 Å². The largest absolute Gasteiger partial charge is 0.393 e. The second-order valence-corrected chi connectivity index (χ2v) is 5.62. The highest BCUT2D eigenvalue weighted by molar-refractivity contribution is 4.93. The van der Waals surface area contributed by atoms with Crippen molar-refractivity contribution >= 4 is 0 Å². The molecule has 13 heavy (non-hydrogen) atoms. The fourth-order valence-corrected chi connectivity index (χ4v) is 4.23. The molecule has 0 aliphatic heterocycles. The van der Waals surface area contributed by atoms with Gasteiger partial charge in [-0.05, 0) is 55.8 Å². The molecule has 4 rings (SSSR count). The molecule has 1 nitrogen and oxygen atoms in total. The molecule has 4 saturated carbocycles. The van der Waals surface area contributed by atoms with Crippen LogP contribution in [0.3, 0.4) is 0 Å². The molecule has 74 valence electrons. The number of aliphatic hydroxyl groups is 1. The molecule has 0 radical (unpaired) electrons. The summed E-state index contributed by atoms with van der Waals surface area (Å²) < 4.78 is 0. The molecule has 0 saturated heterocycles. The second-order valence-electron chi connectivity index (χ2n) is 5.62. The minimum absolute atomic E-state index is 0.0688. The minimum atomic E-state index is 0.0688. The number of hydrogen-bond acceptors (Lipinski definition) is 1. The van der Waals surface area contributed by atoms with Gasteiger partial charge < -0.3 is 5.11 Å². The number of aliphatic hydroxyl groups excluding tert-OH is 1. The van der Waals surface area contributed by atoms with Crippen LogP contribution in [-0.2, 0) is 0 Å². The lowest BCUT2D eigenvalue weighted by atomic mass is 9.59. The summed E-state index contributed by atoms with van der Waals surface area (Å²) in [6, 6.07) is 0. The van der Waals surface area contributed by atoms with E-state index in [4.69, 9.17) is 0 Å². The normalized spacial score (nSPS) is 54.7. The van der Waals surface area contributed by atoms with Crippen LogP contribution in [0.2, 0.25) is 0 Å². The van der Waals surface area contributed by atoms with Crippen molar-refractivity contribution < 1.29 is 5.11 Å². The van der Waals surface area contributed by atoms with Gasteiger partial charge in [0.2, 0.25) is 0 Å². The van der Waals surface area contributed by atoms with Gasteiger partial charge in [-0.2, -0.15) is 0 Å². The van der Waals surface area contributed by atoms with Crippen molar-refractivity contribution in [2.75, 3.05) is 0 Å². The molecule has 0 aromatic rings. The van der Waals surface area contributed by atoms with Crippen LogP contribution in [-0.4, -0.2) is 11.2 Å². The zero-order valence-corrected chi connectivity index (χ0v) is 8.28. The zero-order valence-electron chi connectivity index (χ0n) is 8.28. The molecule has 5 atom stereocenters. The smallest absolute Gasteiger partial charge is 0.0596 e. The molecule has 1 heteroatoms. The average molecular weight is 180 g/mol. The summed E-state index contributed by atoms with van der Waals surface area (Å²) in [5.74, 6) is 3.31. The molecular formula is C12H20O. The van der Waals surface area contributed by atoms with E-state index in [0.717, 1.165) is 11.8 Å².